The molecule has 2 aliphatic rings. The Bertz CT molecular complexity index is 1070. The molecule has 0 spiro atoms. The van der Waals surface area contributed by atoms with Crippen molar-refractivity contribution in [1.29, 1.82) is 0 Å². The van der Waals surface area contributed by atoms with Crippen molar-refractivity contribution < 1.29 is 24.4 Å². The Hall–Kier alpha value is -2.92. The van der Waals surface area contributed by atoms with Crippen LogP contribution in [-0.2, 0) is 18.4 Å². The molecule has 0 amide bonds. The number of aromatic hydroxyl groups is 1. The lowest BCUT2D eigenvalue weighted by molar-refractivity contribution is -0.0867. The lowest BCUT2D eigenvalue weighted by atomic mass is 9.83. The van der Waals surface area contributed by atoms with Gasteiger partial charge < -0.3 is 24.4 Å². The highest BCUT2D eigenvalue weighted by Gasteiger charge is 2.54. The number of benzene rings is 2. The first-order valence-electron chi connectivity index (χ1n) is 10.6. The van der Waals surface area contributed by atoms with E-state index in [0.717, 1.165) is 22.4 Å². The molecule has 5 heteroatoms. The van der Waals surface area contributed by atoms with Gasteiger partial charge in [0.15, 0.2) is 11.7 Å². The summed E-state index contributed by atoms with van der Waals surface area (Å²) in [5, 5.41) is 22.1. The summed E-state index contributed by atoms with van der Waals surface area (Å²) in [4.78, 5) is 0. The molecule has 31 heavy (non-hydrogen) atoms. The van der Waals surface area contributed by atoms with Crippen LogP contribution in [0, 0.1) is 0 Å². The van der Waals surface area contributed by atoms with Gasteiger partial charge in [0.25, 0.3) is 0 Å². The zero-order valence-electron chi connectivity index (χ0n) is 18.8. The molecule has 2 N–H and O–H groups in total. The third kappa shape index (κ3) is 3.57. The molecule has 164 valence electrons. The number of hydrogen-bond donors (Lipinski definition) is 2. The number of rotatable bonds is 5. The van der Waals surface area contributed by atoms with Crippen molar-refractivity contribution in [3.05, 3.63) is 69.8 Å². The van der Waals surface area contributed by atoms with Crippen molar-refractivity contribution >= 4 is 0 Å². The highest BCUT2D eigenvalue weighted by Crippen LogP contribution is 2.57. The average Bonchev–Trinajstić information content (AvgIpc) is 3.03. The van der Waals surface area contributed by atoms with Gasteiger partial charge in [-0.25, -0.2) is 0 Å². The predicted molar refractivity (Wildman–Crippen MR) is 120 cm³/mol. The van der Waals surface area contributed by atoms with Crippen molar-refractivity contribution in [2.75, 3.05) is 13.7 Å². The third-order valence-corrected chi connectivity index (χ3v) is 5.99. The fourth-order valence-electron chi connectivity index (χ4n) is 4.30. The maximum absolute atomic E-state index is 11.7. The second-order valence-electron chi connectivity index (χ2n) is 8.79. The van der Waals surface area contributed by atoms with Gasteiger partial charge in [-0.15, -0.1) is 0 Å². The summed E-state index contributed by atoms with van der Waals surface area (Å²) in [6, 6.07) is 7.17. The topological polar surface area (TPSA) is 68.2 Å². The summed E-state index contributed by atoms with van der Waals surface area (Å²) in [6.07, 6.45) is 4.75. The molecule has 2 atom stereocenters. The van der Waals surface area contributed by atoms with E-state index < -0.39 is 11.7 Å². The normalized spacial score (nSPS) is 20.5. The highest BCUT2D eigenvalue weighted by molar-refractivity contribution is 5.61. The number of hydrogen-bond acceptors (Lipinski definition) is 5. The number of fused-ring (bicyclic) bond motifs is 5. The van der Waals surface area contributed by atoms with Gasteiger partial charge in [-0.3, -0.25) is 0 Å². The van der Waals surface area contributed by atoms with Crippen LogP contribution in [0.3, 0.4) is 0 Å². The molecule has 0 saturated carbocycles. The molecule has 2 aromatic carbocycles. The van der Waals surface area contributed by atoms with E-state index >= 15 is 0 Å². The van der Waals surface area contributed by atoms with Crippen LogP contribution >= 0.6 is 0 Å². The number of phenolic OH excluding ortho intramolecular Hbond substituents is 1. The standard InChI is InChI=1S/C26H30O5/c1-15(2)6-8-17-21(27)12-10-19-23(17)30-14-26(28)20-11-13-22(29-5)18(9-7-16(3)4)24(20)31-25(19)26/h6-7,10-13,25,27-28H,8-9,14H2,1-5H3/t25-,26+/m0/s1. The van der Waals surface area contributed by atoms with Crippen LogP contribution in [0.4, 0.5) is 0 Å². The molecular formula is C26H30O5. The molecule has 2 aromatic rings. The van der Waals surface area contributed by atoms with E-state index in [1.54, 1.807) is 19.2 Å². The number of allylic oxidation sites excluding steroid dienone is 4. The molecule has 0 radical (unpaired) electrons. The van der Waals surface area contributed by atoms with E-state index in [4.69, 9.17) is 14.2 Å². The Morgan fingerprint density at radius 2 is 1.71 bits per heavy atom. The number of methoxy groups -OCH3 is 1. The summed E-state index contributed by atoms with van der Waals surface area (Å²) < 4.78 is 18.1. The Labute approximate surface area is 183 Å². The molecule has 0 fully saturated rings. The predicted octanol–water partition coefficient (Wildman–Crippen LogP) is 5.13. The molecular weight excluding hydrogens is 392 g/mol. The minimum atomic E-state index is -1.31. The van der Waals surface area contributed by atoms with Crippen molar-refractivity contribution in [2.45, 2.75) is 52.2 Å². The monoisotopic (exact) mass is 422 g/mol. The minimum Gasteiger partial charge on any atom is -0.508 e. The minimum absolute atomic E-state index is 0.0529. The Balaban J connectivity index is 1.82. The van der Waals surface area contributed by atoms with Crippen LogP contribution in [0.1, 0.15) is 56.1 Å². The summed E-state index contributed by atoms with van der Waals surface area (Å²) in [6.45, 7) is 8.19. The summed E-state index contributed by atoms with van der Waals surface area (Å²) in [7, 11) is 1.64. The van der Waals surface area contributed by atoms with E-state index in [-0.39, 0.29) is 12.4 Å². The lowest BCUT2D eigenvalue weighted by Crippen LogP contribution is -2.41. The summed E-state index contributed by atoms with van der Waals surface area (Å²) in [5.41, 5.74) is 4.12. The van der Waals surface area contributed by atoms with Crippen molar-refractivity contribution in [1.82, 2.24) is 0 Å². The fraction of sp³-hybridized carbons (Fsp3) is 0.385. The highest BCUT2D eigenvalue weighted by atomic mass is 16.5. The maximum Gasteiger partial charge on any atom is 0.168 e. The second kappa shape index (κ2) is 7.97. The molecule has 0 bridgehead atoms. The number of aliphatic hydroxyl groups is 1. The van der Waals surface area contributed by atoms with Gasteiger partial charge in [0.2, 0.25) is 0 Å². The first-order chi connectivity index (χ1) is 14.8. The number of ether oxygens (including phenoxy) is 3. The Morgan fingerprint density at radius 3 is 2.35 bits per heavy atom. The van der Waals surface area contributed by atoms with Gasteiger partial charge in [0.05, 0.1) is 7.11 Å². The van der Waals surface area contributed by atoms with Crippen LogP contribution in [0.15, 0.2) is 47.6 Å². The van der Waals surface area contributed by atoms with Crippen LogP contribution in [0.2, 0.25) is 0 Å². The van der Waals surface area contributed by atoms with Crippen molar-refractivity contribution in [3.8, 4) is 23.0 Å². The smallest absolute Gasteiger partial charge is 0.168 e. The first-order valence-corrected chi connectivity index (χ1v) is 10.6. The molecule has 2 aliphatic heterocycles. The molecule has 4 rings (SSSR count). The summed E-state index contributed by atoms with van der Waals surface area (Å²) >= 11 is 0. The number of phenols is 1. The van der Waals surface area contributed by atoms with Gasteiger partial charge in [-0.1, -0.05) is 23.3 Å². The van der Waals surface area contributed by atoms with Crippen molar-refractivity contribution in [3.63, 3.8) is 0 Å². The van der Waals surface area contributed by atoms with Crippen LogP contribution in [-0.4, -0.2) is 23.9 Å². The maximum atomic E-state index is 11.7. The largest absolute Gasteiger partial charge is 0.508 e. The van der Waals surface area contributed by atoms with E-state index in [0.29, 0.717) is 35.5 Å². The van der Waals surface area contributed by atoms with Gasteiger partial charge >= 0.3 is 0 Å². The van der Waals surface area contributed by atoms with Gasteiger partial charge in [-0.05, 0) is 64.8 Å². The molecule has 2 heterocycles. The third-order valence-electron chi connectivity index (χ3n) is 5.99. The first kappa shape index (κ1) is 21.3. The fourth-order valence-corrected chi connectivity index (χ4v) is 4.30. The second-order valence-corrected chi connectivity index (χ2v) is 8.79. The van der Waals surface area contributed by atoms with Crippen LogP contribution < -0.4 is 14.2 Å². The van der Waals surface area contributed by atoms with E-state index in [1.165, 1.54) is 5.57 Å². The van der Waals surface area contributed by atoms with Gasteiger partial charge in [-0.2, -0.15) is 0 Å². The van der Waals surface area contributed by atoms with Crippen molar-refractivity contribution in [2.24, 2.45) is 0 Å². The zero-order valence-corrected chi connectivity index (χ0v) is 18.8. The summed E-state index contributed by atoms with van der Waals surface area (Å²) in [5.74, 6) is 2.16. The van der Waals surface area contributed by atoms with Gasteiger partial charge in [0, 0.05) is 22.3 Å². The van der Waals surface area contributed by atoms with Gasteiger partial charge in [0.1, 0.15) is 29.6 Å². The quantitative estimate of drug-likeness (QED) is 0.654. The molecule has 5 nitrogen and oxygen atoms in total. The lowest BCUT2D eigenvalue weighted by Gasteiger charge is -2.35. The molecule has 0 unspecified atom stereocenters. The zero-order chi connectivity index (χ0) is 22.3. The van der Waals surface area contributed by atoms with Crippen LogP contribution in [0.5, 0.6) is 23.0 Å². The molecule has 0 aliphatic carbocycles. The average molecular weight is 423 g/mol. The van der Waals surface area contributed by atoms with E-state index in [1.807, 2.05) is 45.9 Å². The molecule has 0 saturated heterocycles. The van der Waals surface area contributed by atoms with E-state index in [9.17, 15) is 10.2 Å². The molecule has 0 aromatic heterocycles. The SMILES string of the molecule is COc1ccc2c(c1CC=C(C)C)O[C@H]1c3ccc(O)c(CC=C(C)C)c3OC[C@@]21O. The Kier molecular flexibility index (Phi) is 5.48. The Morgan fingerprint density at radius 1 is 1.03 bits per heavy atom. The van der Waals surface area contributed by atoms with E-state index in [2.05, 4.69) is 6.08 Å². The van der Waals surface area contributed by atoms with Crippen LogP contribution in [0.25, 0.3) is 0 Å².